The summed E-state index contributed by atoms with van der Waals surface area (Å²) in [5.74, 6) is 0.331. The highest BCUT2D eigenvalue weighted by atomic mass is 19.1. The van der Waals surface area contributed by atoms with Gasteiger partial charge < -0.3 is 19.5 Å². The van der Waals surface area contributed by atoms with E-state index in [9.17, 15) is 4.79 Å². The molecule has 0 unspecified atom stereocenters. The molecule has 3 fully saturated rings. The van der Waals surface area contributed by atoms with Crippen molar-refractivity contribution >= 4 is 12.7 Å². The number of rotatable bonds is 7. The number of hydrogen-bond donors (Lipinski definition) is 1. The Labute approximate surface area is 230 Å². The Hall–Kier alpha value is -3.55. The monoisotopic (exact) mass is 532 g/mol. The second-order valence-electron chi connectivity index (χ2n) is 10.1. The molecule has 1 saturated carbocycles. The van der Waals surface area contributed by atoms with Crippen LogP contribution < -0.4 is 4.74 Å². The van der Waals surface area contributed by atoms with Gasteiger partial charge in [-0.25, -0.2) is 4.39 Å². The molecular weight excluding hydrogens is 495 g/mol. The molecule has 1 N–H and O–H groups in total. The molecule has 3 aliphatic rings. The second kappa shape index (κ2) is 13.5. The molecule has 0 spiro atoms. The molecule has 7 heteroatoms. The second-order valence-corrected chi connectivity index (χ2v) is 10.1. The molecule has 0 radical (unpaired) electrons. The molecule has 0 bridgehead atoms. The van der Waals surface area contributed by atoms with E-state index in [1.165, 1.54) is 17.2 Å². The Balaban J connectivity index is 0.000000845. The van der Waals surface area contributed by atoms with Crippen LogP contribution >= 0.6 is 0 Å². The number of nitrogens with zero attached hydrogens (tertiary/aromatic N) is 2. The lowest BCUT2D eigenvalue weighted by Gasteiger charge is -2.44. The summed E-state index contributed by atoms with van der Waals surface area (Å²) in [4.78, 5) is 25.1. The topological polar surface area (TPSA) is 70.1 Å². The smallest absolute Gasteiger partial charge is 0.256 e. The Morgan fingerprint density at radius 1 is 0.923 bits per heavy atom. The van der Waals surface area contributed by atoms with Crippen LogP contribution in [-0.2, 0) is 4.79 Å². The van der Waals surface area contributed by atoms with E-state index in [0.717, 1.165) is 64.5 Å². The lowest BCUT2D eigenvalue weighted by molar-refractivity contribution is -0.0980. The molecule has 6 nitrogen and oxygen atoms in total. The summed E-state index contributed by atoms with van der Waals surface area (Å²) < 4.78 is 21.5. The van der Waals surface area contributed by atoms with Crippen LogP contribution in [0.5, 0.6) is 5.75 Å². The number of aliphatic hydroxyl groups is 1. The number of carbonyl (C=O) groups excluding carboxylic acids is 2. The van der Waals surface area contributed by atoms with Crippen molar-refractivity contribution in [2.24, 2.45) is 0 Å². The molecule has 2 aliphatic heterocycles. The van der Waals surface area contributed by atoms with Crippen molar-refractivity contribution < 1.29 is 23.8 Å². The quantitative estimate of drug-likeness (QED) is 0.452. The van der Waals surface area contributed by atoms with Gasteiger partial charge in [-0.3, -0.25) is 9.69 Å². The number of aliphatic hydroxyl groups excluding tert-OH is 1. The average molecular weight is 533 g/mol. The van der Waals surface area contributed by atoms with Crippen LogP contribution in [0.25, 0.3) is 0 Å². The van der Waals surface area contributed by atoms with E-state index in [4.69, 9.17) is 14.6 Å². The van der Waals surface area contributed by atoms with E-state index in [1.807, 2.05) is 18.9 Å². The molecule has 39 heavy (non-hydrogen) atoms. The Bertz CT molecular complexity index is 1170. The van der Waals surface area contributed by atoms with Crippen molar-refractivity contribution in [1.82, 2.24) is 9.80 Å². The van der Waals surface area contributed by atoms with Gasteiger partial charge in [0.2, 0.25) is 0 Å². The van der Waals surface area contributed by atoms with Crippen molar-refractivity contribution in [3.05, 3.63) is 101 Å². The van der Waals surface area contributed by atoms with Gasteiger partial charge in [-0.1, -0.05) is 60.7 Å². The molecular formula is C32H37FN2O4. The SMILES string of the molecule is C=O.CO.O=C(c1cc(C2CC2)c(OC2CN(C(c3ccccc3)c3ccccc3)C2)cc1F)N1CCCC1. The van der Waals surface area contributed by atoms with Crippen LogP contribution in [-0.4, -0.2) is 67.0 Å². The lowest BCUT2D eigenvalue weighted by Crippen LogP contribution is -2.55. The molecule has 1 aliphatic carbocycles. The first-order chi connectivity index (χ1) is 19.2. The van der Waals surface area contributed by atoms with E-state index >= 15 is 4.39 Å². The summed E-state index contributed by atoms with van der Waals surface area (Å²) in [5.41, 5.74) is 3.71. The van der Waals surface area contributed by atoms with Gasteiger partial charge in [0.05, 0.1) is 11.6 Å². The standard InChI is InChI=1S/C30H31FN2O2.CH4O.CH2O/c31-27-18-28(25(21-13-14-21)17-26(27)30(34)32-15-7-8-16-32)35-24-19-33(20-24)29(22-9-3-1-4-10-22)23-11-5-2-6-12-23;2*1-2/h1-6,9-12,17-18,21,24,29H,7-8,13-16,19-20H2;2H,1H3;1H2. The molecule has 3 aromatic rings. The highest BCUT2D eigenvalue weighted by Crippen LogP contribution is 2.46. The van der Waals surface area contributed by atoms with E-state index < -0.39 is 5.82 Å². The first kappa shape index (κ1) is 28.5. The number of ether oxygens (including phenoxy) is 1. The fourth-order valence-electron chi connectivity index (χ4n) is 5.46. The highest BCUT2D eigenvalue weighted by molar-refractivity contribution is 5.95. The first-order valence-electron chi connectivity index (χ1n) is 13.5. The molecule has 6 rings (SSSR count). The predicted octanol–water partition coefficient (Wildman–Crippen LogP) is 5.22. The van der Waals surface area contributed by atoms with Gasteiger partial charge in [-0.05, 0) is 54.4 Å². The zero-order chi connectivity index (χ0) is 27.8. The van der Waals surface area contributed by atoms with Gasteiger partial charge in [-0.15, -0.1) is 0 Å². The van der Waals surface area contributed by atoms with Crippen LogP contribution in [0.2, 0.25) is 0 Å². The number of carbonyl (C=O) groups is 2. The number of halogens is 1. The zero-order valence-corrected chi connectivity index (χ0v) is 22.5. The Morgan fingerprint density at radius 2 is 1.46 bits per heavy atom. The summed E-state index contributed by atoms with van der Waals surface area (Å²) in [6.45, 7) is 4.98. The molecule has 3 aromatic carbocycles. The minimum absolute atomic E-state index is 0.00181. The summed E-state index contributed by atoms with van der Waals surface area (Å²) in [7, 11) is 1.00. The van der Waals surface area contributed by atoms with Crippen molar-refractivity contribution in [1.29, 1.82) is 0 Å². The van der Waals surface area contributed by atoms with E-state index in [2.05, 4.69) is 53.4 Å². The molecule has 0 atom stereocenters. The maximum Gasteiger partial charge on any atom is 0.256 e. The molecule has 1 amide bonds. The minimum atomic E-state index is -0.469. The largest absolute Gasteiger partial charge is 0.487 e. The normalized spacial score (nSPS) is 17.0. The van der Waals surface area contributed by atoms with Gasteiger partial charge in [-0.2, -0.15) is 0 Å². The number of amides is 1. The van der Waals surface area contributed by atoms with Crippen molar-refractivity contribution in [3.63, 3.8) is 0 Å². The fraction of sp³-hybridized carbons (Fsp3) is 0.375. The summed E-state index contributed by atoms with van der Waals surface area (Å²) >= 11 is 0. The molecule has 2 saturated heterocycles. The van der Waals surface area contributed by atoms with Gasteiger partial charge in [0.25, 0.3) is 5.91 Å². The van der Waals surface area contributed by atoms with Crippen LogP contribution in [0, 0.1) is 5.82 Å². The van der Waals surface area contributed by atoms with Crippen molar-refractivity contribution in [2.75, 3.05) is 33.3 Å². The Morgan fingerprint density at radius 3 is 1.97 bits per heavy atom. The molecule has 2 heterocycles. The number of benzene rings is 3. The maximum absolute atomic E-state index is 15.1. The minimum Gasteiger partial charge on any atom is -0.487 e. The lowest BCUT2D eigenvalue weighted by atomic mass is 9.93. The third-order valence-electron chi connectivity index (χ3n) is 7.51. The van der Waals surface area contributed by atoms with Crippen LogP contribution in [0.3, 0.4) is 0 Å². The summed E-state index contributed by atoms with van der Waals surface area (Å²) in [5, 5.41) is 7.00. The zero-order valence-electron chi connectivity index (χ0n) is 22.5. The van der Waals surface area contributed by atoms with Gasteiger partial charge in [0.15, 0.2) is 0 Å². The fourth-order valence-corrected chi connectivity index (χ4v) is 5.46. The third kappa shape index (κ3) is 6.54. The summed E-state index contributed by atoms with van der Waals surface area (Å²) in [6, 6.07) is 24.5. The van der Waals surface area contributed by atoms with Crippen LogP contribution in [0.15, 0.2) is 72.8 Å². The average Bonchev–Trinajstić information content (AvgIpc) is 3.67. The highest BCUT2D eigenvalue weighted by Gasteiger charge is 2.37. The van der Waals surface area contributed by atoms with Gasteiger partial charge in [0.1, 0.15) is 24.5 Å². The summed E-state index contributed by atoms with van der Waals surface area (Å²) in [6.07, 6.45) is 4.13. The maximum atomic E-state index is 15.1. The molecule has 0 aromatic heterocycles. The van der Waals surface area contributed by atoms with Crippen LogP contribution in [0.4, 0.5) is 4.39 Å². The van der Waals surface area contributed by atoms with E-state index in [1.54, 1.807) is 11.0 Å². The first-order valence-corrected chi connectivity index (χ1v) is 13.5. The van der Waals surface area contributed by atoms with Gasteiger partial charge >= 0.3 is 0 Å². The van der Waals surface area contributed by atoms with E-state index in [-0.39, 0.29) is 23.6 Å². The van der Waals surface area contributed by atoms with Gasteiger partial charge in [0, 0.05) is 39.4 Å². The Kier molecular flexibility index (Phi) is 9.85. The predicted molar refractivity (Wildman–Crippen MR) is 149 cm³/mol. The van der Waals surface area contributed by atoms with E-state index in [0.29, 0.717) is 11.7 Å². The third-order valence-corrected chi connectivity index (χ3v) is 7.51. The number of likely N-dealkylation sites (tertiary alicyclic amines) is 2. The number of hydrogen-bond acceptors (Lipinski definition) is 5. The van der Waals surface area contributed by atoms with Crippen molar-refractivity contribution in [3.8, 4) is 5.75 Å². The van der Waals surface area contributed by atoms with Crippen LogP contribution in [0.1, 0.15) is 64.7 Å². The molecule has 206 valence electrons. The van der Waals surface area contributed by atoms with Crippen molar-refractivity contribution in [2.45, 2.75) is 43.7 Å².